The van der Waals surface area contributed by atoms with Crippen molar-refractivity contribution in [3.8, 4) is 0 Å². The lowest BCUT2D eigenvalue weighted by atomic mass is 10.3. The van der Waals surface area contributed by atoms with Gasteiger partial charge in [0, 0.05) is 24.3 Å². The van der Waals surface area contributed by atoms with Gasteiger partial charge in [-0.2, -0.15) is 0 Å². The molecule has 0 N–H and O–H groups in total. The molecule has 4 rings (SSSR count). The highest BCUT2D eigenvalue weighted by Gasteiger charge is 2.27. The molecule has 1 aromatic carbocycles. The van der Waals surface area contributed by atoms with Crippen LogP contribution in [0.4, 0.5) is 10.1 Å². The Hall–Kier alpha value is -2.71. The fourth-order valence-corrected chi connectivity index (χ4v) is 5.33. The van der Waals surface area contributed by atoms with Crippen LogP contribution in [0.15, 0.2) is 52.4 Å². The smallest absolute Gasteiger partial charge is 0.272 e. The molecule has 0 fully saturated rings. The molecule has 3 heterocycles. The van der Waals surface area contributed by atoms with E-state index in [9.17, 15) is 14.0 Å². The summed E-state index contributed by atoms with van der Waals surface area (Å²) in [4.78, 5) is 30.5. The van der Waals surface area contributed by atoms with Crippen molar-refractivity contribution in [2.45, 2.75) is 11.4 Å². The van der Waals surface area contributed by atoms with Crippen LogP contribution in [0.3, 0.4) is 0 Å². The third kappa shape index (κ3) is 3.11. The summed E-state index contributed by atoms with van der Waals surface area (Å²) in [7, 11) is 1.74. The molecule has 0 unspecified atom stereocenters. The number of carbonyl (C=O) groups is 1. The van der Waals surface area contributed by atoms with Crippen molar-refractivity contribution < 1.29 is 9.18 Å². The number of para-hydroxylation sites is 1. The van der Waals surface area contributed by atoms with E-state index in [0.29, 0.717) is 26.2 Å². The van der Waals surface area contributed by atoms with Crippen molar-refractivity contribution in [1.82, 2.24) is 9.55 Å². The molecule has 27 heavy (non-hydrogen) atoms. The zero-order valence-electron chi connectivity index (χ0n) is 14.3. The number of hydrogen-bond donors (Lipinski definition) is 0. The minimum Gasteiger partial charge on any atom is -0.334 e. The molecular weight excluding hydrogens is 385 g/mol. The first-order valence-corrected chi connectivity index (χ1v) is 9.73. The summed E-state index contributed by atoms with van der Waals surface area (Å²) in [5.41, 5.74) is 1.09. The molecule has 8 heteroatoms. The molecule has 136 valence electrons. The molecule has 0 spiro atoms. The van der Waals surface area contributed by atoms with Gasteiger partial charge >= 0.3 is 0 Å². The Kier molecular flexibility index (Phi) is 4.67. The number of anilines is 1. The summed E-state index contributed by atoms with van der Waals surface area (Å²) in [6, 6.07) is 8.53. The van der Waals surface area contributed by atoms with Crippen molar-refractivity contribution in [3.63, 3.8) is 0 Å². The monoisotopic (exact) mass is 399 g/mol. The maximum Gasteiger partial charge on any atom is 0.272 e. The first-order chi connectivity index (χ1) is 13.1. The second-order valence-electron chi connectivity index (χ2n) is 5.83. The molecule has 1 aliphatic rings. The molecule has 0 saturated carbocycles. The standard InChI is InChI=1S/C19H14FN3O2S2/c1-22-16-13(20)3-2-4-14(16)26-19(22)17-18(25)23(9-10-24)15(27-17)11-12-5-7-21-8-6-12/h2-8,10-11H,9H2,1H3/b15-11-,19-17+. The topological polar surface area (TPSA) is 55.2 Å². The summed E-state index contributed by atoms with van der Waals surface area (Å²) in [6.07, 6.45) is 5.87. The van der Waals surface area contributed by atoms with Crippen molar-refractivity contribution in [1.29, 1.82) is 0 Å². The number of aromatic nitrogens is 2. The maximum atomic E-state index is 14.2. The molecular formula is C19H14FN3O2S2. The largest absolute Gasteiger partial charge is 0.334 e. The average Bonchev–Trinajstić information content (AvgIpc) is 3.15. The first-order valence-electron chi connectivity index (χ1n) is 8.09. The number of carbonyl (C=O) groups excluding carboxylic acids is 1. The zero-order chi connectivity index (χ0) is 19.0. The maximum absolute atomic E-state index is 14.2. The fourth-order valence-electron chi connectivity index (χ4n) is 2.89. The Balaban J connectivity index is 1.96. The Bertz CT molecular complexity index is 1200. The van der Waals surface area contributed by atoms with Gasteiger partial charge < -0.3 is 9.69 Å². The minimum absolute atomic E-state index is 0.0325. The van der Waals surface area contributed by atoms with Crippen LogP contribution in [-0.4, -0.2) is 22.9 Å². The molecule has 5 nitrogen and oxygen atoms in total. The van der Waals surface area contributed by atoms with Crippen LogP contribution in [0.2, 0.25) is 0 Å². The molecule has 3 aromatic rings. The first kappa shape index (κ1) is 17.7. The molecule has 0 amide bonds. The molecule has 0 atom stereocenters. The van der Waals surface area contributed by atoms with Gasteiger partial charge in [0.1, 0.15) is 21.7 Å². The van der Waals surface area contributed by atoms with Crippen LogP contribution in [-0.2, 0) is 11.3 Å². The van der Waals surface area contributed by atoms with Crippen LogP contribution in [0, 0.1) is 5.82 Å². The zero-order valence-corrected chi connectivity index (χ0v) is 15.9. The van der Waals surface area contributed by atoms with Gasteiger partial charge in [0.2, 0.25) is 0 Å². The number of nitrogens with zero attached hydrogens (tertiary/aromatic N) is 3. The van der Waals surface area contributed by atoms with E-state index in [-0.39, 0.29) is 17.9 Å². The molecule has 0 bridgehead atoms. The van der Waals surface area contributed by atoms with Gasteiger partial charge in [0.05, 0.1) is 16.9 Å². The number of benzene rings is 1. The lowest BCUT2D eigenvalue weighted by molar-refractivity contribution is -0.108. The van der Waals surface area contributed by atoms with Crippen LogP contribution in [0.5, 0.6) is 0 Å². The summed E-state index contributed by atoms with van der Waals surface area (Å²) in [6.45, 7) is -0.0325. The molecule has 0 radical (unpaired) electrons. The summed E-state index contributed by atoms with van der Waals surface area (Å²) in [5, 5.41) is 0.666. The van der Waals surface area contributed by atoms with Crippen molar-refractivity contribution in [2.24, 2.45) is 0 Å². The summed E-state index contributed by atoms with van der Waals surface area (Å²) >= 11 is 2.65. The summed E-state index contributed by atoms with van der Waals surface area (Å²) < 4.78 is 16.8. The molecule has 0 saturated heterocycles. The van der Waals surface area contributed by atoms with Crippen molar-refractivity contribution in [2.75, 3.05) is 11.9 Å². The van der Waals surface area contributed by atoms with E-state index < -0.39 is 0 Å². The van der Waals surface area contributed by atoms with E-state index in [1.54, 1.807) is 30.4 Å². The Morgan fingerprint density at radius 3 is 2.70 bits per heavy atom. The number of hydrogen-bond acceptors (Lipinski definition) is 6. The lowest BCUT2D eigenvalue weighted by Gasteiger charge is -2.12. The average molecular weight is 399 g/mol. The quantitative estimate of drug-likeness (QED) is 0.629. The van der Waals surface area contributed by atoms with Gasteiger partial charge in [-0.3, -0.25) is 14.3 Å². The second-order valence-corrected chi connectivity index (χ2v) is 7.89. The predicted octanol–water partition coefficient (Wildman–Crippen LogP) is 1.78. The van der Waals surface area contributed by atoms with Gasteiger partial charge in [-0.15, -0.1) is 11.3 Å². The number of pyridine rings is 1. The van der Waals surface area contributed by atoms with Crippen molar-refractivity contribution >= 4 is 46.2 Å². The predicted molar refractivity (Wildman–Crippen MR) is 106 cm³/mol. The van der Waals surface area contributed by atoms with Crippen LogP contribution in [0.1, 0.15) is 5.56 Å². The number of fused-ring (bicyclic) bond motifs is 1. The van der Waals surface area contributed by atoms with Gasteiger partial charge in [-0.1, -0.05) is 17.8 Å². The third-order valence-corrected chi connectivity index (χ3v) is 6.63. The summed E-state index contributed by atoms with van der Waals surface area (Å²) in [5.74, 6) is -0.328. The van der Waals surface area contributed by atoms with E-state index in [1.165, 1.54) is 33.7 Å². The van der Waals surface area contributed by atoms with E-state index in [2.05, 4.69) is 4.98 Å². The Morgan fingerprint density at radius 2 is 2.00 bits per heavy atom. The van der Waals surface area contributed by atoms with E-state index in [1.807, 2.05) is 24.3 Å². The van der Waals surface area contributed by atoms with E-state index >= 15 is 0 Å². The number of rotatable bonds is 3. The third-order valence-electron chi connectivity index (χ3n) is 4.16. The SMILES string of the molecule is CN1/C(=c2\s/c(=C\c3ccncc3)n(CC=O)c2=O)Sc2cccc(F)c21. The van der Waals surface area contributed by atoms with Gasteiger partial charge in [-0.25, -0.2) is 4.39 Å². The van der Waals surface area contributed by atoms with E-state index in [0.717, 1.165) is 10.5 Å². The van der Waals surface area contributed by atoms with Crippen LogP contribution < -0.4 is 19.7 Å². The highest BCUT2D eigenvalue weighted by molar-refractivity contribution is 8.08. The van der Waals surface area contributed by atoms with Crippen LogP contribution >= 0.6 is 23.1 Å². The normalized spacial score (nSPS) is 15.9. The van der Waals surface area contributed by atoms with Crippen molar-refractivity contribution in [3.05, 3.63) is 73.7 Å². The number of thioether (sulfide) groups is 1. The van der Waals surface area contributed by atoms with Gasteiger partial charge in [0.25, 0.3) is 5.56 Å². The molecule has 0 aliphatic carbocycles. The molecule has 2 aromatic heterocycles. The van der Waals surface area contributed by atoms with Gasteiger partial charge in [-0.05, 0) is 35.9 Å². The van der Waals surface area contributed by atoms with E-state index in [4.69, 9.17) is 0 Å². The Labute approximate surface area is 162 Å². The lowest BCUT2D eigenvalue weighted by Crippen LogP contribution is -2.34. The Morgan fingerprint density at radius 1 is 1.22 bits per heavy atom. The highest BCUT2D eigenvalue weighted by atomic mass is 32.2. The highest BCUT2D eigenvalue weighted by Crippen LogP contribution is 2.46. The minimum atomic E-state index is -0.328. The fraction of sp³-hybridized carbons (Fsp3) is 0.105. The van der Waals surface area contributed by atoms with Crippen LogP contribution in [0.25, 0.3) is 11.1 Å². The molecule has 1 aliphatic heterocycles. The van der Waals surface area contributed by atoms with Gasteiger partial charge in [0.15, 0.2) is 0 Å². The number of thiazole rings is 1. The second kappa shape index (κ2) is 7.13. The number of halogens is 1. The number of aldehydes is 1.